The van der Waals surface area contributed by atoms with Crippen LogP contribution in [-0.2, 0) is 9.53 Å². The molecule has 3 aromatic rings. The number of hydrogen-bond acceptors (Lipinski definition) is 9. The number of nitro benzene ring substituents is 2. The molecular formula is C23H18N4O7S. The van der Waals surface area contributed by atoms with Gasteiger partial charge in [-0.2, -0.15) is 0 Å². The van der Waals surface area contributed by atoms with Gasteiger partial charge in [0.2, 0.25) is 0 Å². The van der Waals surface area contributed by atoms with Crippen molar-refractivity contribution in [2.24, 2.45) is 4.99 Å². The highest BCUT2D eigenvalue weighted by molar-refractivity contribution is 7.07. The number of nitrogens with zero attached hydrogens (tertiary/aromatic N) is 4. The zero-order valence-corrected chi connectivity index (χ0v) is 19.4. The summed E-state index contributed by atoms with van der Waals surface area (Å²) >= 11 is 1.10. The molecule has 178 valence electrons. The molecule has 0 spiro atoms. The standard InChI is InChI=1S/C23H18N4O7S/c1-3-34-22(29)19-13(2)25-21(28)18(12-14-4-8-16(9-5-14)26(30)31)35-23(25)24-20(19)15-6-10-17(11-7-15)27(32)33/h4-12,20H,3H2,1-2H3/b18-12-/t20-/m1/s1. The van der Waals surface area contributed by atoms with Crippen LogP contribution in [0.25, 0.3) is 11.8 Å². The highest BCUT2D eigenvalue weighted by Gasteiger charge is 2.31. The van der Waals surface area contributed by atoms with E-state index in [9.17, 15) is 29.8 Å². The van der Waals surface area contributed by atoms with Crippen molar-refractivity contribution in [1.29, 1.82) is 0 Å². The second kappa shape index (κ2) is 9.43. The van der Waals surface area contributed by atoms with Crippen LogP contribution in [0.3, 0.4) is 0 Å². The molecule has 4 rings (SSSR count). The third-order valence-corrected chi connectivity index (χ3v) is 6.34. The number of fused-ring (bicyclic) bond motifs is 1. The number of hydrogen-bond donors (Lipinski definition) is 0. The summed E-state index contributed by atoms with van der Waals surface area (Å²) in [7, 11) is 0. The van der Waals surface area contributed by atoms with E-state index in [4.69, 9.17) is 4.74 Å². The number of allylic oxidation sites excluding steroid dienone is 1. The summed E-state index contributed by atoms with van der Waals surface area (Å²) in [6.45, 7) is 3.40. The molecule has 1 aromatic heterocycles. The summed E-state index contributed by atoms with van der Waals surface area (Å²) in [6, 6.07) is 10.6. The Bertz CT molecular complexity index is 1550. The summed E-state index contributed by atoms with van der Waals surface area (Å²) < 4.78 is 6.87. The van der Waals surface area contributed by atoms with Gasteiger partial charge in [-0.15, -0.1) is 0 Å². The maximum atomic E-state index is 13.2. The molecule has 0 radical (unpaired) electrons. The second-order valence-electron chi connectivity index (χ2n) is 7.48. The van der Waals surface area contributed by atoms with Crippen LogP contribution in [0.2, 0.25) is 0 Å². The van der Waals surface area contributed by atoms with Gasteiger partial charge in [-0.05, 0) is 55.3 Å². The number of ether oxygens (including phenoxy) is 1. The van der Waals surface area contributed by atoms with Gasteiger partial charge >= 0.3 is 5.97 Å². The van der Waals surface area contributed by atoms with Crippen molar-refractivity contribution in [2.75, 3.05) is 6.61 Å². The van der Waals surface area contributed by atoms with Crippen LogP contribution in [0.4, 0.5) is 11.4 Å². The minimum absolute atomic E-state index is 0.0665. The summed E-state index contributed by atoms with van der Waals surface area (Å²) in [6.07, 6.45) is 1.59. The quantitative estimate of drug-likeness (QED) is 0.291. The van der Waals surface area contributed by atoms with Gasteiger partial charge in [0.15, 0.2) is 4.80 Å². The Morgan fingerprint density at radius 2 is 1.66 bits per heavy atom. The van der Waals surface area contributed by atoms with E-state index in [2.05, 4.69) is 4.99 Å². The average molecular weight is 494 g/mol. The minimum atomic E-state index is -0.819. The van der Waals surface area contributed by atoms with Gasteiger partial charge in [-0.3, -0.25) is 29.6 Å². The lowest BCUT2D eigenvalue weighted by atomic mass is 9.96. The minimum Gasteiger partial charge on any atom is -0.463 e. The van der Waals surface area contributed by atoms with Gasteiger partial charge in [-0.1, -0.05) is 11.3 Å². The Balaban J connectivity index is 1.88. The molecule has 1 atom stereocenters. The summed E-state index contributed by atoms with van der Waals surface area (Å²) in [4.78, 5) is 51.9. The van der Waals surface area contributed by atoms with E-state index < -0.39 is 27.4 Å². The molecule has 0 aliphatic carbocycles. The van der Waals surface area contributed by atoms with Crippen molar-refractivity contribution >= 4 is 40.5 Å². The third kappa shape index (κ3) is 4.51. The first kappa shape index (κ1) is 23.7. The zero-order chi connectivity index (χ0) is 25.3. The average Bonchev–Trinajstić information content (AvgIpc) is 3.14. The van der Waals surface area contributed by atoms with E-state index in [1.807, 2.05) is 0 Å². The van der Waals surface area contributed by atoms with Crippen LogP contribution in [0.1, 0.15) is 31.0 Å². The molecule has 1 aliphatic heterocycles. The fraction of sp³-hybridized carbons (Fsp3) is 0.174. The van der Waals surface area contributed by atoms with Gasteiger partial charge in [0.05, 0.1) is 26.6 Å². The molecule has 35 heavy (non-hydrogen) atoms. The number of thiazole rings is 1. The molecule has 0 saturated heterocycles. The number of esters is 1. The number of rotatable bonds is 6. The van der Waals surface area contributed by atoms with Gasteiger partial charge in [-0.25, -0.2) is 9.79 Å². The number of nitro groups is 2. The van der Waals surface area contributed by atoms with Crippen LogP contribution in [0.5, 0.6) is 0 Å². The summed E-state index contributed by atoms with van der Waals surface area (Å²) in [5.74, 6) is -0.637. The molecule has 0 amide bonds. The fourth-order valence-electron chi connectivity index (χ4n) is 3.68. The van der Waals surface area contributed by atoms with Crippen molar-refractivity contribution < 1.29 is 19.4 Å². The van der Waals surface area contributed by atoms with Gasteiger partial charge in [0.25, 0.3) is 16.9 Å². The topological polar surface area (TPSA) is 147 Å². The molecule has 2 aromatic carbocycles. The number of carbonyl (C=O) groups is 1. The lowest BCUT2D eigenvalue weighted by Crippen LogP contribution is -2.35. The van der Waals surface area contributed by atoms with E-state index in [1.165, 1.54) is 53.1 Å². The normalized spacial score (nSPS) is 15.4. The first-order valence-corrected chi connectivity index (χ1v) is 11.2. The maximum Gasteiger partial charge on any atom is 0.338 e. The summed E-state index contributed by atoms with van der Waals surface area (Å²) in [5, 5.41) is 21.9. The van der Waals surface area contributed by atoms with Crippen LogP contribution in [0.15, 0.2) is 63.9 Å². The molecule has 12 heteroatoms. The lowest BCUT2D eigenvalue weighted by Gasteiger charge is -2.22. The Kier molecular flexibility index (Phi) is 6.38. The Labute approximate surface area is 201 Å². The van der Waals surface area contributed by atoms with E-state index in [0.29, 0.717) is 26.2 Å². The van der Waals surface area contributed by atoms with Crippen LogP contribution < -0.4 is 14.9 Å². The molecule has 11 nitrogen and oxygen atoms in total. The first-order valence-electron chi connectivity index (χ1n) is 10.4. The second-order valence-corrected chi connectivity index (χ2v) is 8.49. The Morgan fingerprint density at radius 3 is 2.20 bits per heavy atom. The van der Waals surface area contributed by atoms with E-state index in [-0.39, 0.29) is 23.6 Å². The molecule has 0 N–H and O–H groups in total. The molecular weight excluding hydrogens is 476 g/mol. The molecule has 0 saturated carbocycles. The number of aromatic nitrogens is 1. The highest BCUT2D eigenvalue weighted by Crippen LogP contribution is 2.33. The molecule has 0 bridgehead atoms. The number of non-ortho nitro benzene ring substituents is 2. The monoisotopic (exact) mass is 494 g/mol. The van der Waals surface area contributed by atoms with Gasteiger partial charge in [0.1, 0.15) is 6.04 Å². The van der Waals surface area contributed by atoms with Crippen molar-refractivity contribution in [1.82, 2.24) is 4.57 Å². The Hall–Kier alpha value is -4.45. The third-order valence-electron chi connectivity index (χ3n) is 5.36. The molecule has 1 aliphatic rings. The van der Waals surface area contributed by atoms with Gasteiger partial charge < -0.3 is 4.74 Å². The molecule has 0 unspecified atom stereocenters. The predicted octanol–water partition coefficient (Wildman–Crippen LogP) is 2.72. The maximum absolute atomic E-state index is 13.2. The summed E-state index contributed by atoms with van der Waals surface area (Å²) in [5.41, 5.74) is 1.07. The highest BCUT2D eigenvalue weighted by atomic mass is 32.1. The van der Waals surface area contributed by atoms with Crippen molar-refractivity contribution in [3.05, 3.63) is 105 Å². The molecule has 0 fully saturated rings. The SMILES string of the molecule is CCOC(=O)C1=C(C)n2c(s/c(=C\c3ccc([N+](=O)[O-])cc3)c2=O)=N[C@@H]1c1ccc([N+](=O)[O-])cc1. The number of carbonyl (C=O) groups excluding carboxylic acids is 1. The van der Waals surface area contributed by atoms with E-state index >= 15 is 0 Å². The van der Waals surface area contributed by atoms with E-state index in [1.54, 1.807) is 19.9 Å². The van der Waals surface area contributed by atoms with Crippen LogP contribution in [0, 0.1) is 20.2 Å². The molecule has 2 heterocycles. The van der Waals surface area contributed by atoms with Gasteiger partial charge in [0, 0.05) is 30.0 Å². The van der Waals surface area contributed by atoms with Crippen molar-refractivity contribution in [3.63, 3.8) is 0 Å². The smallest absolute Gasteiger partial charge is 0.338 e. The van der Waals surface area contributed by atoms with Crippen molar-refractivity contribution in [2.45, 2.75) is 19.9 Å². The largest absolute Gasteiger partial charge is 0.463 e. The predicted molar refractivity (Wildman–Crippen MR) is 127 cm³/mol. The fourth-order valence-corrected chi connectivity index (χ4v) is 4.72. The zero-order valence-electron chi connectivity index (χ0n) is 18.5. The van der Waals surface area contributed by atoms with E-state index in [0.717, 1.165) is 11.3 Å². The number of benzene rings is 2. The Morgan fingerprint density at radius 1 is 1.09 bits per heavy atom. The van der Waals surface area contributed by atoms with Crippen LogP contribution in [-0.4, -0.2) is 27.0 Å². The lowest BCUT2D eigenvalue weighted by molar-refractivity contribution is -0.385. The van der Waals surface area contributed by atoms with Crippen LogP contribution >= 0.6 is 11.3 Å². The first-order chi connectivity index (χ1) is 16.7. The van der Waals surface area contributed by atoms with Crippen molar-refractivity contribution in [3.8, 4) is 0 Å².